The van der Waals surface area contributed by atoms with Crippen molar-refractivity contribution < 1.29 is 38.5 Å². The lowest BCUT2D eigenvalue weighted by Crippen LogP contribution is -2.53. The molecule has 0 aromatic carbocycles. The van der Waals surface area contributed by atoms with Gasteiger partial charge in [-0.3, -0.25) is 9.59 Å². The fraction of sp³-hybridized carbons (Fsp3) is 0.867. The quantitative estimate of drug-likeness (QED) is 0.0728. The van der Waals surface area contributed by atoms with Gasteiger partial charge in [-0.15, -0.1) is 0 Å². The molecule has 0 aromatic rings. The smallest absolute Gasteiger partial charge is 0.378 e. The summed E-state index contributed by atoms with van der Waals surface area (Å²) in [6.07, 6.45) is 9.73. The highest BCUT2D eigenvalue weighted by atomic mass is 16.6. The first kappa shape index (κ1) is 36.0. The highest BCUT2D eigenvalue weighted by Crippen LogP contribution is 2.22. The molecular weight excluding hydrogens is 488 g/mol. The van der Waals surface area contributed by atoms with Crippen LogP contribution in [0.2, 0.25) is 0 Å². The minimum Gasteiger partial charge on any atom is -0.465 e. The molecule has 4 atom stereocenters. The normalized spacial score (nSPS) is 15.1. The maximum absolute atomic E-state index is 13.0. The van der Waals surface area contributed by atoms with Gasteiger partial charge in [0.25, 0.3) is 5.78 Å². The van der Waals surface area contributed by atoms with E-state index in [9.17, 15) is 24.3 Å². The second kappa shape index (κ2) is 20.9. The first-order valence-electron chi connectivity index (χ1n) is 14.9. The zero-order valence-electron chi connectivity index (χ0n) is 24.9. The lowest BCUT2D eigenvalue weighted by molar-refractivity contribution is -0.183. The number of ketones is 1. The number of carbonyl (C=O) groups excluding carboxylic acids is 4. The second-order valence-corrected chi connectivity index (χ2v) is 10.5. The maximum Gasteiger partial charge on any atom is 0.378 e. The Morgan fingerprint density at radius 3 is 1.42 bits per heavy atom. The van der Waals surface area contributed by atoms with Crippen LogP contribution in [0.3, 0.4) is 0 Å². The van der Waals surface area contributed by atoms with Crippen molar-refractivity contribution in [1.82, 2.24) is 0 Å². The number of hydrogen-bond donors (Lipinski definition) is 1. The average molecular weight is 543 g/mol. The Balaban J connectivity index is 5.54. The molecule has 222 valence electrons. The van der Waals surface area contributed by atoms with Crippen molar-refractivity contribution in [2.24, 2.45) is 17.8 Å². The number of unbranched alkanes of at least 4 members (excludes halogenated alkanes) is 3. The van der Waals surface area contributed by atoms with Gasteiger partial charge in [-0.1, -0.05) is 99.3 Å². The van der Waals surface area contributed by atoms with Crippen LogP contribution in [0.1, 0.15) is 125 Å². The van der Waals surface area contributed by atoms with Crippen LogP contribution >= 0.6 is 0 Å². The van der Waals surface area contributed by atoms with Gasteiger partial charge in [0.1, 0.15) is 0 Å². The molecule has 0 rings (SSSR count). The fourth-order valence-corrected chi connectivity index (χ4v) is 4.15. The lowest BCUT2D eigenvalue weighted by Gasteiger charge is -2.25. The van der Waals surface area contributed by atoms with Crippen LogP contribution in [0.4, 0.5) is 0 Å². The number of rotatable bonds is 23. The van der Waals surface area contributed by atoms with E-state index in [4.69, 9.17) is 14.2 Å². The van der Waals surface area contributed by atoms with Crippen molar-refractivity contribution in [2.75, 3.05) is 19.8 Å². The van der Waals surface area contributed by atoms with Gasteiger partial charge in [-0.2, -0.15) is 0 Å². The molecule has 0 aliphatic rings. The van der Waals surface area contributed by atoms with Gasteiger partial charge in [-0.05, 0) is 37.0 Å². The third-order valence-electron chi connectivity index (χ3n) is 7.31. The molecule has 0 spiro atoms. The van der Waals surface area contributed by atoms with E-state index >= 15 is 0 Å². The number of ether oxygens (including phenoxy) is 3. The zero-order valence-corrected chi connectivity index (χ0v) is 24.9. The summed E-state index contributed by atoms with van der Waals surface area (Å²) in [4.78, 5) is 51.3. The fourth-order valence-electron chi connectivity index (χ4n) is 4.15. The summed E-state index contributed by atoms with van der Waals surface area (Å²) in [5.41, 5.74) is -2.99. The lowest BCUT2D eigenvalue weighted by atomic mass is 9.93. The summed E-state index contributed by atoms with van der Waals surface area (Å²) in [5.74, 6) is -4.85. The summed E-state index contributed by atoms with van der Waals surface area (Å²) in [6, 6.07) is 0. The Labute approximate surface area is 230 Å². The SMILES string of the molecule is CCCCC(CC)COC(=O)CC(O)(C(=O)OCC(CC)CCCC)C(=O)C(=O)OCC(CC)CCCC. The Bertz CT molecular complexity index is 692. The van der Waals surface area contributed by atoms with Crippen LogP contribution in [0.25, 0.3) is 0 Å². The van der Waals surface area contributed by atoms with E-state index in [0.29, 0.717) is 0 Å². The van der Waals surface area contributed by atoms with Crippen LogP contribution in [0.5, 0.6) is 0 Å². The summed E-state index contributed by atoms with van der Waals surface area (Å²) < 4.78 is 15.8. The van der Waals surface area contributed by atoms with Crippen LogP contribution in [0.15, 0.2) is 0 Å². The molecule has 38 heavy (non-hydrogen) atoms. The van der Waals surface area contributed by atoms with E-state index < -0.39 is 35.7 Å². The van der Waals surface area contributed by atoms with Crippen molar-refractivity contribution in [1.29, 1.82) is 0 Å². The molecule has 0 saturated carbocycles. The standard InChI is InChI=1S/C30H54O8/c1-7-13-16-23(10-4)20-36-26(31)19-30(35,29(34)38-22-25(12-6)18-15-9-3)27(32)28(33)37-21-24(11-5)17-14-8-2/h23-25,35H,7-22H2,1-6H3. The van der Waals surface area contributed by atoms with Gasteiger partial charge in [0.05, 0.1) is 26.2 Å². The van der Waals surface area contributed by atoms with E-state index in [1.165, 1.54) is 0 Å². The Morgan fingerprint density at radius 1 is 0.632 bits per heavy atom. The molecule has 0 fully saturated rings. The predicted molar refractivity (Wildman–Crippen MR) is 147 cm³/mol. The highest BCUT2D eigenvalue weighted by molar-refractivity contribution is 6.41. The molecule has 4 unspecified atom stereocenters. The molecule has 0 aliphatic carbocycles. The van der Waals surface area contributed by atoms with E-state index in [2.05, 4.69) is 20.8 Å². The van der Waals surface area contributed by atoms with E-state index in [1.807, 2.05) is 20.8 Å². The van der Waals surface area contributed by atoms with Gasteiger partial charge < -0.3 is 19.3 Å². The summed E-state index contributed by atoms with van der Waals surface area (Å²) >= 11 is 0. The van der Waals surface area contributed by atoms with Gasteiger partial charge in [-0.25, -0.2) is 9.59 Å². The summed E-state index contributed by atoms with van der Waals surface area (Å²) in [6.45, 7) is 12.2. The minimum absolute atomic E-state index is 0.00117. The van der Waals surface area contributed by atoms with Crippen molar-refractivity contribution >= 4 is 23.7 Å². The molecule has 0 bridgehead atoms. The van der Waals surface area contributed by atoms with Crippen molar-refractivity contribution in [3.05, 3.63) is 0 Å². The van der Waals surface area contributed by atoms with E-state index in [-0.39, 0.29) is 37.6 Å². The first-order chi connectivity index (χ1) is 18.1. The maximum atomic E-state index is 13.0. The predicted octanol–water partition coefficient (Wildman–Crippen LogP) is 5.96. The molecule has 0 aliphatic heterocycles. The highest BCUT2D eigenvalue weighted by Gasteiger charge is 2.52. The Morgan fingerprint density at radius 2 is 1.03 bits per heavy atom. The first-order valence-corrected chi connectivity index (χ1v) is 14.9. The third-order valence-corrected chi connectivity index (χ3v) is 7.31. The molecular formula is C30H54O8. The molecule has 1 N–H and O–H groups in total. The number of aliphatic hydroxyl groups is 1. The monoisotopic (exact) mass is 542 g/mol. The van der Waals surface area contributed by atoms with Crippen molar-refractivity contribution in [2.45, 2.75) is 131 Å². The average Bonchev–Trinajstić information content (AvgIpc) is 2.92. The van der Waals surface area contributed by atoms with Crippen molar-refractivity contribution in [3.63, 3.8) is 0 Å². The van der Waals surface area contributed by atoms with Crippen LogP contribution in [-0.2, 0) is 33.4 Å². The topological polar surface area (TPSA) is 116 Å². The molecule has 8 heteroatoms. The molecule has 0 heterocycles. The van der Waals surface area contributed by atoms with Gasteiger partial charge in [0.2, 0.25) is 5.60 Å². The van der Waals surface area contributed by atoms with Crippen LogP contribution in [-0.4, -0.2) is 54.2 Å². The van der Waals surface area contributed by atoms with Crippen LogP contribution in [0, 0.1) is 17.8 Å². The number of carbonyl (C=O) groups is 4. The van der Waals surface area contributed by atoms with E-state index in [1.54, 1.807) is 0 Å². The summed E-state index contributed by atoms with van der Waals surface area (Å²) in [7, 11) is 0. The zero-order chi connectivity index (χ0) is 29.0. The van der Waals surface area contributed by atoms with E-state index in [0.717, 1.165) is 77.0 Å². The molecule has 0 amide bonds. The third kappa shape index (κ3) is 13.7. The summed E-state index contributed by atoms with van der Waals surface area (Å²) in [5, 5.41) is 11.2. The molecule has 0 aromatic heterocycles. The van der Waals surface area contributed by atoms with Gasteiger partial charge in [0, 0.05) is 0 Å². The molecule has 0 saturated heterocycles. The van der Waals surface area contributed by atoms with Gasteiger partial charge in [0.15, 0.2) is 0 Å². The minimum atomic E-state index is -2.99. The second-order valence-electron chi connectivity index (χ2n) is 10.5. The number of hydrogen-bond acceptors (Lipinski definition) is 8. The van der Waals surface area contributed by atoms with Crippen LogP contribution < -0.4 is 0 Å². The largest absolute Gasteiger partial charge is 0.465 e. The number of Topliss-reactive ketones (excluding diaryl/α,β-unsaturated/α-hetero) is 1. The Kier molecular flexibility index (Phi) is 19.9. The van der Waals surface area contributed by atoms with Gasteiger partial charge >= 0.3 is 17.9 Å². The number of esters is 3. The molecule has 0 radical (unpaired) electrons. The van der Waals surface area contributed by atoms with Crippen molar-refractivity contribution in [3.8, 4) is 0 Å². The molecule has 8 nitrogen and oxygen atoms in total. The Hall–Kier alpha value is -1.96.